The molecule has 0 unspecified atom stereocenters. The summed E-state index contributed by atoms with van der Waals surface area (Å²) < 4.78 is 42.9. The summed E-state index contributed by atoms with van der Waals surface area (Å²) in [5.41, 5.74) is 8.44. The molecule has 47 heavy (non-hydrogen) atoms. The smallest absolute Gasteiger partial charge is 0 e. The van der Waals surface area contributed by atoms with Crippen molar-refractivity contribution in [1.82, 2.24) is 9.97 Å². The van der Waals surface area contributed by atoms with Gasteiger partial charge in [0, 0.05) is 31.7 Å². The van der Waals surface area contributed by atoms with Gasteiger partial charge < -0.3 is 9.40 Å². The van der Waals surface area contributed by atoms with Crippen molar-refractivity contribution in [2.45, 2.75) is 43.9 Å². The fourth-order valence-corrected chi connectivity index (χ4v) is 7.45. The molecule has 4 aromatic carbocycles. The summed E-state index contributed by atoms with van der Waals surface area (Å²) >= 11 is -1.83. The minimum Gasteiger partial charge on any atom is 0 e. The topological polar surface area (TPSA) is 38.9 Å². The number of halogens is 1. The van der Waals surface area contributed by atoms with E-state index in [9.17, 15) is 4.39 Å². The van der Waals surface area contributed by atoms with Crippen molar-refractivity contribution in [3.63, 3.8) is 0 Å². The molecule has 3 aromatic heterocycles. The Morgan fingerprint density at radius 1 is 0.809 bits per heavy atom. The van der Waals surface area contributed by atoms with Crippen LogP contribution in [0, 0.1) is 24.8 Å². The van der Waals surface area contributed by atoms with Crippen LogP contribution in [0.5, 0.6) is 0 Å². The molecule has 0 saturated carbocycles. The maximum absolute atomic E-state index is 13.3. The third-order valence-corrected chi connectivity index (χ3v) is 12.3. The Morgan fingerprint density at radius 2 is 1.60 bits per heavy atom. The van der Waals surface area contributed by atoms with Crippen LogP contribution in [0.1, 0.15) is 35.0 Å². The van der Waals surface area contributed by atoms with Crippen LogP contribution in [0.3, 0.4) is 0 Å². The Bertz CT molecular complexity index is 2170. The predicted octanol–water partition coefficient (Wildman–Crippen LogP) is 10.8. The molecule has 0 fully saturated rings. The molecule has 0 bridgehead atoms. The molecule has 7 aromatic rings. The standard InChI is InChI=1S/C26H19FNO.C15H18GeN.Ir/c1-16(2)18-12-13-28-24(14-18)23-5-3-4-22-21-11-8-19(15-25(21)29-26(22)23)17-6-9-20(27)10-7-17;1-12-5-7-13(8-6-12)15-10-9-14(11-17-15)16(2,3)4;/h3-4,6-16H,1-2H3;5-7,9-11H,1-4H3;/q2*-1;/i;1D3;. The molecule has 7 rings (SSSR count). The van der Waals surface area contributed by atoms with E-state index in [1.165, 1.54) is 28.2 Å². The predicted molar refractivity (Wildman–Crippen MR) is 191 cm³/mol. The van der Waals surface area contributed by atoms with Gasteiger partial charge in [0.2, 0.25) is 0 Å². The van der Waals surface area contributed by atoms with E-state index in [2.05, 4.69) is 71.4 Å². The first-order chi connectivity index (χ1) is 23.3. The molecule has 0 N–H and O–H groups in total. The van der Waals surface area contributed by atoms with Crippen molar-refractivity contribution in [2.24, 2.45) is 0 Å². The van der Waals surface area contributed by atoms with Crippen LogP contribution in [-0.4, -0.2) is 23.2 Å². The van der Waals surface area contributed by atoms with Gasteiger partial charge in [0.25, 0.3) is 0 Å². The van der Waals surface area contributed by atoms with Crippen LogP contribution < -0.4 is 4.40 Å². The number of rotatable bonds is 5. The summed E-state index contributed by atoms with van der Waals surface area (Å²) in [4.78, 5) is 9.04. The molecule has 6 heteroatoms. The number of pyridine rings is 2. The van der Waals surface area contributed by atoms with Gasteiger partial charge in [-0.1, -0.05) is 60.7 Å². The second-order valence-electron chi connectivity index (χ2n) is 12.7. The SMILES string of the molecule is CC(C)c1ccnc(-c2[c-]ccc3c2oc2cc(-c4ccc(F)cc4)ccc23)c1.[2H]C([2H])([2H])c1c[c-]c(-c2cc[c]([Ge]([CH3])([CH3])[CH3])cn2)cc1.[Ir]. The van der Waals surface area contributed by atoms with Gasteiger partial charge in [0.15, 0.2) is 0 Å². The Balaban J connectivity index is 0.000000204. The number of hydrogen-bond donors (Lipinski definition) is 0. The van der Waals surface area contributed by atoms with Crippen LogP contribution in [-0.2, 0) is 20.1 Å². The van der Waals surface area contributed by atoms with Gasteiger partial charge in [0.1, 0.15) is 11.4 Å². The summed E-state index contributed by atoms with van der Waals surface area (Å²) in [6, 6.07) is 36.0. The second-order valence-corrected chi connectivity index (χ2v) is 23.4. The molecule has 3 heterocycles. The Morgan fingerprint density at radius 3 is 2.26 bits per heavy atom. The van der Waals surface area contributed by atoms with E-state index in [4.69, 9.17) is 8.53 Å². The zero-order chi connectivity index (χ0) is 34.9. The van der Waals surface area contributed by atoms with E-state index < -0.39 is 20.1 Å². The van der Waals surface area contributed by atoms with Crippen molar-refractivity contribution in [2.75, 3.05) is 0 Å². The van der Waals surface area contributed by atoms with Gasteiger partial charge >= 0.3 is 110 Å². The number of benzene rings is 4. The molecular formula is C41H37FGeIrN2O-2. The van der Waals surface area contributed by atoms with Gasteiger partial charge in [-0.05, 0) is 47.0 Å². The molecule has 3 nitrogen and oxygen atoms in total. The minimum atomic E-state index is -2.08. The van der Waals surface area contributed by atoms with Gasteiger partial charge in [-0.15, -0.1) is 18.2 Å². The van der Waals surface area contributed by atoms with Gasteiger partial charge in [0.05, 0.1) is 5.58 Å². The Kier molecular flexibility index (Phi) is 9.37. The van der Waals surface area contributed by atoms with Crippen LogP contribution in [0.2, 0.25) is 17.3 Å². The van der Waals surface area contributed by atoms with E-state index in [1.54, 1.807) is 24.3 Å². The minimum absolute atomic E-state index is 0. The van der Waals surface area contributed by atoms with Crippen molar-refractivity contribution in [3.05, 3.63) is 139 Å². The van der Waals surface area contributed by atoms with Gasteiger partial charge in [-0.2, -0.15) is 0 Å². The summed E-state index contributed by atoms with van der Waals surface area (Å²) in [7, 11) is 0. The average molecular weight is 861 g/mol. The molecule has 0 spiro atoms. The molecular weight excluding hydrogens is 820 g/mol. The van der Waals surface area contributed by atoms with Crippen molar-refractivity contribution in [3.8, 4) is 33.6 Å². The quantitative estimate of drug-likeness (QED) is 0.128. The normalized spacial score (nSPS) is 12.5. The second kappa shape index (κ2) is 14.5. The van der Waals surface area contributed by atoms with Crippen LogP contribution in [0.15, 0.2) is 114 Å². The van der Waals surface area contributed by atoms with Crippen molar-refractivity contribution >= 4 is 39.6 Å². The number of furan rings is 1. The maximum atomic E-state index is 13.3. The number of aromatic nitrogens is 2. The summed E-state index contributed by atoms with van der Waals surface area (Å²) in [6.07, 6.45) is 3.79. The molecule has 0 aliphatic rings. The molecule has 0 amide bonds. The average Bonchev–Trinajstić information content (AvgIpc) is 3.46. The van der Waals surface area contributed by atoms with Crippen LogP contribution in [0.25, 0.3) is 55.6 Å². The van der Waals surface area contributed by atoms with Gasteiger partial charge in [-0.25, -0.2) is 4.39 Å². The first-order valence-electron chi connectivity index (χ1n) is 16.9. The maximum Gasteiger partial charge on any atom is 0 e. The van der Waals surface area contributed by atoms with E-state index in [0.29, 0.717) is 11.5 Å². The fourth-order valence-electron chi connectivity index (χ4n) is 5.28. The number of hydrogen-bond acceptors (Lipinski definition) is 3. The summed E-state index contributed by atoms with van der Waals surface area (Å²) in [6.45, 7) is 2.26. The monoisotopic (exact) mass is 862 g/mol. The van der Waals surface area contributed by atoms with E-state index in [0.717, 1.165) is 55.6 Å². The molecule has 239 valence electrons. The molecule has 0 saturated heterocycles. The molecule has 0 atom stereocenters. The third kappa shape index (κ3) is 7.81. The first-order valence-corrected chi connectivity index (χ1v) is 22.7. The Hall–Kier alpha value is -3.90. The van der Waals surface area contributed by atoms with E-state index >= 15 is 0 Å². The van der Waals surface area contributed by atoms with Crippen LogP contribution in [0.4, 0.5) is 4.39 Å². The Labute approximate surface area is 297 Å². The van der Waals surface area contributed by atoms with Crippen molar-refractivity contribution < 1.29 is 33.0 Å². The molecule has 1 radical (unpaired) electrons. The van der Waals surface area contributed by atoms with Crippen molar-refractivity contribution in [1.29, 1.82) is 0 Å². The number of aryl methyl sites for hydroxylation is 1. The molecule has 0 aliphatic carbocycles. The van der Waals surface area contributed by atoms with Gasteiger partial charge in [-0.3, -0.25) is 0 Å². The van der Waals surface area contributed by atoms with E-state index in [-0.39, 0.29) is 25.9 Å². The largest absolute Gasteiger partial charge is 0 e. The van der Waals surface area contributed by atoms with Crippen LogP contribution >= 0.6 is 0 Å². The zero-order valence-corrected chi connectivity index (χ0v) is 31.5. The first kappa shape index (κ1) is 30.4. The van der Waals surface area contributed by atoms with E-state index in [1.807, 2.05) is 48.8 Å². The number of nitrogens with zero attached hydrogens (tertiary/aromatic N) is 2. The fraction of sp³-hybridized carbons (Fsp3) is 0.171. The summed E-state index contributed by atoms with van der Waals surface area (Å²) in [5.74, 6) is 7.16. The number of fused-ring (bicyclic) bond motifs is 3. The zero-order valence-electron chi connectivity index (χ0n) is 30.0. The summed E-state index contributed by atoms with van der Waals surface area (Å²) in [5, 5.41) is 2.08. The third-order valence-electron chi connectivity index (χ3n) is 8.04. The molecule has 0 aliphatic heterocycles.